The minimum atomic E-state index is 0.278. The van der Waals surface area contributed by atoms with Gasteiger partial charge in [0.15, 0.2) is 0 Å². The van der Waals surface area contributed by atoms with E-state index in [1.165, 1.54) is 21.9 Å². The van der Waals surface area contributed by atoms with Gasteiger partial charge in [-0.2, -0.15) is 0 Å². The van der Waals surface area contributed by atoms with Gasteiger partial charge >= 0.3 is 0 Å². The molecule has 0 saturated carbocycles. The maximum absolute atomic E-state index is 5.81. The van der Waals surface area contributed by atoms with Gasteiger partial charge in [-0.15, -0.1) is 0 Å². The molecule has 1 atom stereocenters. The Morgan fingerprint density at radius 3 is 2.44 bits per heavy atom. The third-order valence-electron chi connectivity index (χ3n) is 3.10. The lowest BCUT2D eigenvalue weighted by atomic mass is 9.96. The Bertz CT molecular complexity index is 486. The van der Waals surface area contributed by atoms with Gasteiger partial charge in [0.1, 0.15) is 0 Å². The smallest absolute Gasteiger partial charge is 0.00136 e. The Kier molecular flexibility index (Phi) is 3.25. The molecular weight excluding hydrogens is 194 g/mol. The molecule has 16 heavy (non-hydrogen) atoms. The number of benzene rings is 2. The SMILES string of the molecule is Cc1ccc(CCC(C)N)c2ccccc12. The minimum absolute atomic E-state index is 0.278. The molecule has 0 saturated heterocycles. The zero-order valence-corrected chi connectivity index (χ0v) is 10.0. The van der Waals surface area contributed by atoms with Crippen LogP contribution in [0.1, 0.15) is 24.5 Å². The van der Waals surface area contributed by atoms with Crippen molar-refractivity contribution >= 4 is 10.8 Å². The lowest BCUT2D eigenvalue weighted by molar-refractivity contribution is 0.668. The molecule has 84 valence electrons. The summed E-state index contributed by atoms with van der Waals surface area (Å²) < 4.78 is 0. The first-order valence-electron chi connectivity index (χ1n) is 5.91. The summed E-state index contributed by atoms with van der Waals surface area (Å²) in [4.78, 5) is 0. The van der Waals surface area contributed by atoms with Crippen molar-refractivity contribution in [1.82, 2.24) is 0 Å². The van der Waals surface area contributed by atoms with Gasteiger partial charge in [-0.05, 0) is 48.6 Å². The minimum Gasteiger partial charge on any atom is -0.328 e. The average Bonchev–Trinajstić information content (AvgIpc) is 2.28. The van der Waals surface area contributed by atoms with E-state index in [0.29, 0.717) is 0 Å². The molecule has 1 nitrogen and oxygen atoms in total. The van der Waals surface area contributed by atoms with Crippen molar-refractivity contribution in [2.75, 3.05) is 0 Å². The van der Waals surface area contributed by atoms with Crippen LogP contribution in [0.5, 0.6) is 0 Å². The summed E-state index contributed by atoms with van der Waals surface area (Å²) >= 11 is 0. The highest BCUT2D eigenvalue weighted by Crippen LogP contribution is 2.23. The second kappa shape index (κ2) is 4.67. The zero-order chi connectivity index (χ0) is 11.5. The first kappa shape index (κ1) is 11.2. The molecule has 0 heterocycles. The van der Waals surface area contributed by atoms with E-state index >= 15 is 0 Å². The van der Waals surface area contributed by atoms with Crippen LogP contribution in [0.4, 0.5) is 0 Å². The molecule has 0 bridgehead atoms. The van der Waals surface area contributed by atoms with Crippen molar-refractivity contribution < 1.29 is 0 Å². The summed E-state index contributed by atoms with van der Waals surface area (Å²) in [6, 6.07) is 13.3. The highest BCUT2D eigenvalue weighted by Gasteiger charge is 2.03. The van der Waals surface area contributed by atoms with Crippen LogP contribution < -0.4 is 5.73 Å². The molecule has 0 aliphatic rings. The maximum Gasteiger partial charge on any atom is 0.00136 e. The number of hydrogen-bond donors (Lipinski definition) is 1. The van der Waals surface area contributed by atoms with Crippen LogP contribution in [-0.2, 0) is 6.42 Å². The second-order valence-electron chi connectivity index (χ2n) is 4.60. The normalized spacial score (nSPS) is 12.9. The summed E-state index contributed by atoms with van der Waals surface area (Å²) in [5.41, 5.74) is 8.58. The fourth-order valence-electron chi connectivity index (χ4n) is 2.11. The van der Waals surface area contributed by atoms with E-state index in [-0.39, 0.29) is 6.04 Å². The molecule has 0 amide bonds. The molecule has 2 aromatic carbocycles. The highest BCUT2D eigenvalue weighted by atomic mass is 14.6. The van der Waals surface area contributed by atoms with E-state index in [0.717, 1.165) is 12.8 Å². The largest absolute Gasteiger partial charge is 0.328 e. The summed E-state index contributed by atoms with van der Waals surface area (Å²) in [5.74, 6) is 0. The number of fused-ring (bicyclic) bond motifs is 1. The van der Waals surface area contributed by atoms with Gasteiger partial charge in [0.25, 0.3) is 0 Å². The van der Waals surface area contributed by atoms with Crippen molar-refractivity contribution in [3.05, 3.63) is 47.5 Å². The Balaban J connectivity index is 2.42. The summed E-state index contributed by atoms with van der Waals surface area (Å²) in [6.07, 6.45) is 2.12. The van der Waals surface area contributed by atoms with E-state index in [9.17, 15) is 0 Å². The summed E-state index contributed by atoms with van der Waals surface area (Å²) in [5, 5.41) is 2.74. The van der Waals surface area contributed by atoms with Gasteiger partial charge < -0.3 is 5.73 Å². The summed E-state index contributed by atoms with van der Waals surface area (Å²) in [7, 11) is 0. The van der Waals surface area contributed by atoms with Crippen LogP contribution in [0.15, 0.2) is 36.4 Å². The third-order valence-corrected chi connectivity index (χ3v) is 3.10. The van der Waals surface area contributed by atoms with Gasteiger partial charge in [-0.1, -0.05) is 36.4 Å². The Morgan fingerprint density at radius 2 is 1.75 bits per heavy atom. The molecule has 2 N–H and O–H groups in total. The zero-order valence-electron chi connectivity index (χ0n) is 10.0. The third kappa shape index (κ3) is 2.25. The Labute approximate surface area is 97.3 Å². The molecule has 0 radical (unpaired) electrons. The van der Waals surface area contributed by atoms with E-state index in [1.807, 2.05) is 0 Å². The fraction of sp³-hybridized carbons (Fsp3) is 0.333. The average molecular weight is 213 g/mol. The highest BCUT2D eigenvalue weighted by molar-refractivity contribution is 5.88. The van der Waals surface area contributed by atoms with Gasteiger partial charge in [0.2, 0.25) is 0 Å². The molecule has 0 spiro atoms. The second-order valence-corrected chi connectivity index (χ2v) is 4.60. The van der Waals surface area contributed by atoms with Crippen LogP contribution in [0.3, 0.4) is 0 Å². The Morgan fingerprint density at radius 1 is 1.06 bits per heavy atom. The number of aryl methyl sites for hydroxylation is 2. The quantitative estimate of drug-likeness (QED) is 0.830. The number of hydrogen-bond acceptors (Lipinski definition) is 1. The van der Waals surface area contributed by atoms with Gasteiger partial charge in [0.05, 0.1) is 0 Å². The van der Waals surface area contributed by atoms with Gasteiger partial charge in [-0.25, -0.2) is 0 Å². The predicted molar refractivity (Wildman–Crippen MR) is 70.7 cm³/mol. The lowest BCUT2D eigenvalue weighted by Crippen LogP contribution is -2.15. The monoisotopic (exact) mass is 213 g/mol. The maximum atomic E-state index is 5.81. The van der Waals surface area contributed by atoms with E-state index < -0.39 is 0 Å². The predicted octanol–water partition coefficient (Wildman–Crippen LogP) is 3.43. The van der Waals surface area contributed by atoms with Gasteiger partial charge in [0, 0.05) is 6.04 Å². The van der Waals surface area contributed by atoms with E-state index in [2.05, 4.69) is 50.2 Å². The number of rotatable bonds is 3. The first-order valence-corrected chi connectivity index (χ1v) is 5.91. The molecule has 1 heteroatoms. The molecular formula is C15H19N. The molecule has 0 aliphatic carbocycles. The van der Waals surface area contributed by atoms with Crippen LogP contribution in [0.25, 0.3) is 10.8 Å². The standard InChI is InChI=1S/C15H19N/c1-11-7-9-13(10-8-12(2)16)15-6-4-3-5-14(11)15/h3-7,9,12H,8,10,16H2,1-2H3. The number of nitrogens with two attached hydrogens (primary N) is 1. The first-order chi connectivity index (χ1) is 7.68. The molecule has 2 rings (SSSR count). The van der Waals surface area contributed by atoms with Crippen LogP contribution in [0.2, 0.25) is 0 Å². The van der Waals surface area contributed by atoms with E-state index in [4.69, 9.17) is 5.73 Å². The molecule has 0 aliphatic heterocycles. The molecule has 2 aromatic rings. The molecule has 1 unspecified atom stereocenters. The van der Waals surface area contributed by atoms with E-state index in [1.54, 1.807) is 0 Å². The van der Waals surface area contributed by atoms with Crippen molar-refractivity contribution in [1.29, 1.82) is 0 Å². The van der Waals surface area contributed by atoms with Crippen LogP contribution >= 0.6 is 0 Å². The molecule has 0 fully saturated rings. The summed E-state index contributed by atoms with van der Waals surface area (Å²) in [6.45, 7) is 4.23. The van der Waals surface area contributed by atoms with Crippen molar-refractivity contribution in [3.63, 3.8) is 0 Å². The fourth-order valence-corrected chi connectivity index (χ4v) is 2.11. The van der Waals surface area contributed by atoms with Crippen LogP contribution in [-0.4, -0.2) is 6.04 Å². The van der Waals surface area contributed by atoms with Gasteiger partial charge in [-0.3, -0.25) is 0 Å². The molecule has 0 aromatic heterocycles. The van der Waals surface area contributed by atoms with Crippen molar-refractivity contribution in [3.8, 4) is 0 Å². The Hall–Kier alpha value is -1.34. The van der Waals surface area contributed by atoms with Crippen molar-refractivity contribution in [2.24, 2.45) is 5.73 Å². The van der Waals surface area contributed by atoms with Crippen molar-refractivity contribution in [2.45, 2.75) is 32.7 Å². The lowest BCUT2D eigenvalue weighted by Gasteiger charge is -2.10. The topological polar surface area (TPSA) is 26.0 Å². The van der Waals surface area contributed by atoms with Crippen LogP contribution in [0, 0.1) is 6.92 Å².